The lowest BCUT2D eigenvalue weighted by Gasteiger charge is -1.99. The molecular formula is C11H13FN2O. The van der Waals surface area contributed by atoms with E-state index in [1.807, 2.05) is 0 Å². The van der Waals surface area contributed by atoms with Crippen LogP contribution in [0, 0.1) is 12.9 Å². The van der Waals surface area contributed by atoms with Crippen LogP contribution in [0.2, 0.25) is 0 Å². The molecule has 0 aliphatic rings. The van der Waals surface area contributed by atoms with E-state index < -0.39 is 5.95 Å². The number of aryl methyl sites for hydroxylation is 1. The third-order valence-electron chi connectivity index (χ3n) is 1.86. The minimum Gasteiger partial charge on any atom is -0.353 e. The molecule has 0 aliphatic heterocycles. The van der Waals surface area contributed by atoms with E-state index in [-0.39, 0.29) is 5.91 Å². The Hall–Kier alpha value is -1.71. The first-order valence-electron chi connectivity index (χ1n) is 4.63. The fourth-order valence-electron chi connectivity index (χ4n) is 1.11. The molecule has 0 spiro atoms. The van der Waals surface area contributed by atoms with Crippen molar-refractivity contribution in [2.75, 3.05) is 6.54 Å². The molecule has 0 saturated heterocycles. The van der Waals surface area contributed by atoms with E-state index in [0.717, 1.165) is 5.56 Å². The van der Waals surface area contributed by atoms with Gasteiger partial charge in [-0.25, -0.2) is 4.98 Å². The van der Waals surface area contributed by atoms with Gasteiger partial charge in [0.25, 0.3) is 0 Å². The number of amides is 1. The Labute approximate surface area is 88.0 Å². The van der Waals surface area contributed by atoms with Crippen molar-refractivity contribution in [2.24, 2.45) is 0 Å². The van der Waals surface area contributed by atoms with Crippen LogP contribution < -0.4 is 5.32 Å². The summed E-state index contributed by atoms with van der Waals surface area (Å²) in [4.78, 5) is 14.2. The fourth-order valence-corrected chi connectivity index (χ4v) is 1.11. The van der Waals surface area contributed by atoms with Crippen LogP contribution in [0.25, 0.3) is 6.08 Å². The Balaban J connectivity index is 2.60. The van der Waals surface area contributed by atoms with Gasteiger partial charge in [0.05, 0.1) is 0 Å². The molecule has 80 valence electrons. The van der Waals surface area contributed by atoms with E-state index in [2.05, 4.69) is 10.3 Å². The van der Waals surface area contributed by atoms with E-state index in [9.17, 15) is 9.18 Å². The predicted molar refractivity (Wildman–Crippen MR) is 56.6 cm³/mol. The molecule has 0 radical (unpaired) electrons. The molecule has 0 atom stereocenters. The summed E-state index contributed by atoms with van der Waals surface area (Å²) in [6, 6.07) is 2.97. The maximum absolute atomic E-state index is 12.6. The molecule has 1 aromatic heterocycles. The van der Waals surface area contributed by atoms with Gasteiger partial charge in [0.2, 0.25) is 11.9 Å². The van der Waals surface area contributed by atoms with Gasteiger partial charge in [0.1, 0.15) is 0 Å². The van der Waals surface area contributed by atoms with Gasteiger partial charge in [0, 0.05) is 19.2 Å². The molecule has 1 aromatic rings. The molecule has 0 aliphatic carbocycles. The average Bonchev–Trinajstić information content (AvgIpc) is 2.14. The molecular weight excluding hydrogens is 195 g/mol. The molecule has 0 bridgehead atoms. The number of hydrogen-bond acceptors (Lipinski definition) is 2. The van der Waals surface area contributed by atoms with Crippen molar-refractivity contribution in [3.8, 4) is 0 Å². The van der Waals surface area contributed by atoms with Gasteiger partial charge >= 0.3 is 0 Å². The molecule has 0 unspecified atom stereocenters. The minimum absolute atomic E-state index is 0.0754. The summed E-state index contributed by atoms with van der Waals surface area (Å²) in [5.41, 5.74) is 1.48. The third-order valence-corrected chi connectivity index (χ3v) is 1.86. The second-order valence-electron chi connectivity index (χ2n) is 3.15. The molecule has 15 heavy (non-hydrogen) atoms. The Bertz CT molecular complexity index is 388. The van der Waals surface area contributed by atoms with Crippen molar-refractivity contribution >= 4 is 12.0 Å². The number of pyridine rings is 1. The molecule has 1 heterocycles. The standard InChI is InChI=1S/C11H13FN2O/c1-8-10(5-6-11(12)14-8)4-3-7-13-9(2)15/h3-6H,7H2,1-2H3,(H,13,15). The van der Waals surface area contributed by atoms with Crippen LogP contribution in [0.5, 0.6) is 0 Å². The van der Waals surface area contributed by atoms with Crippen LogP contribution in [0.4, 0.5) is 4.39 Å². The number of carbonyl (C=O) groups is 1. The largest absolute Gasteiger partial charge is 0.353 e. The number of rotatable bonds is 3. The van der Waals surface area contributed by atoms with Crippen molar-refractivity contribution in [1.82, 2.24) is 10.3 Å². The first-order valence-corrected chi connectivity index (χ1v) is 4.63. The summed E-state index contributed by atoms with van der Waals surface area (Å²) in [6.45, 7) is 3.66. The van der Waals surface area contributed by atoms with Crippen molar-refractivity contribution in [1.29, 1.82) is 0 Å². The molecule has 3 nitrogen and oxygen atoms in total. The highest BCUT2D eigenvalue weighted by Gasteiger charge is 1.97. The van der Waals surface area contributed by atoms with Crippen LogP contribution in [0.3, 0.4) is 0 Å². The zero-order valence-corrected chi connectivity index (χ0v) is 8.75. The Morgan fingerprint density at radius 3 is 2.93 bits per heavy atom. The average molecular weight is 208 g/mol. The normalized spacial score (nSPS) is 10.6. The van der Waals surface area contributed by atoms with Crippen LogP contribution in [-0.2, 0) is 4.79 Å². The highest BCUT2D eigenvalue weighted by Crippen LogP contribution is 2.07. The highest BCUT2D eigenvalue weighted by atomic mass is 19.1. The number of aromatic nitrogens is 1. The maximum atomic E-state index is 12.6. The number of hydrogen-bond donors (Lipinski definition) is 1. The van der Waals surface area contributed by atoms with Gasteiger partial charge < -0.3 is 5.32 Å². The van der Waals surface area contributed by atoms with Crippen molar-refractivity contribution in [2.45, 2.75) is 13.8 Å². The van der Waals surface area contributed by atoms with E-state index in [4.69, 9.17) is 0 Å². The number of nitrogens with zero attached hydrogens (tertiary/aromatic N) is 1. The fraction of sp³-hybridized carbons (Fsp3) is 0.273. The molecule has 0 aromatic carbocycles. The second kappa shape index (κ2) is 5.24. The zero-order valence-electron chi connectivity index (χ0n) is 8.75. The van der Waals surface area contributed by atoms with Crippen LogP contribution >= 0.6 is 0 Å². The summed E-state index contributed by atoms with van der Waals surface area (Å²) < 4.78 is 12.6. The van der Waals surface area contributed by atoms with E-state index in [1.165, 1.54) is 13.0 Å². The van der Waals surface area contributed by atoms with Gasteiger partial charge in [0.15, 0.2) is 0 Å². The first-order chi connectivity index (χ1) is 7.09. The summed E-state index contributed by atoms with van der Waals surface area (Å²) in [5, 5.41) is 2.63. The molecule has 0 fully saturated rings. The molecule has 4 heteroatoms. The van der Waals surface area contributed by atoms with E-state index >= 15 is 0 Å². The highest BCUT2D eigenvalue weighted by molar-refractivity contribution is 5.73. The second-order valence-corrected chi connectivity index (χ2v) is 3.15. The summed E-state index contributed by atoms with van der Waals surface area (Å²) in [6.07, 6.45) is 3.60. The predicted octanol–water partition coefficient (Wildman–Crippen LogP) is 1.68. The first kappa shape index (κ1) is 11.4. The molecule has 1 amide bonds. The number of nitrogens with one attached hydrogen (secondary N) is 1. The maximum Gasteiger partial charge on any atom is 0.217 e. The van der Waals surface area contributed by atoms with Gasteiger partial charge in [-0.3, -0.25) is 4.79 Å². The lowest BCUT2D eigenvalue weighted by Crippen LogP contribution is -2.19. The smallest absolute Gasteiger partial charge is 0.217 e. The number of carbonyl (C=O) groups excluding carboxylic acids is 1. The van der Waals surface area contributed by atoms with Gasteiger partial charge in [-0.05, 0) is 24.6 Å². The summed E-state index contributed by atoms with van der Waals surface area (Å²) in [5.74, 6) is -0.555. The minimum atomic E-state index is -0.480. The number of halogens is 1. The van der Waals surface area contributed by atoms with Gasteiger partial charge in [-0.1, -0.05) is 12.2 Å². The van der Waals surface area contributed by atoms with Crippen molar-refractivity contribution < 1.29 is 9.18 Å². The SMILES string of the molecule is CC(=O)NCC=Cc1ccc(F)nc1C. The van der Waals surface area contributed by atoms with E-state index in [1.54, 1.807) is 25.1 Å². The third kappa shape index (κ3) is 3.89. The zero-order chi connectivity index (χ0) is 11.3. The Morgan fingerprint density at radius 2 is 2.33 bits per heavy atom. The monoisotopic (exact) mass is 208 g/mol. The summed E-state index contributed by atoms with van der Waals surface area (Å²) in [7, 11) is 0. The molecule has 1 N–H and O–H groups in total. The molecule has 1 rings (SSSR count). The van der Waals surface area contributed by atoms with E-state index in [0.29, 0.717) is 12.2 Å². The van der Waals surface area contributed by atoms with Crippen molar-refractivity contribution in [3.63, 3.8) is 0 Å². The lowest BCUT2D eigenvalue weighted by molar-refractivity contribution is -0.118. The summed E-state index contributed by atoms with van der Waals surface area (Å²) >= 11 is 0. The van der Waals surface area contributed by atoms with Gasteiger partial charge in [-0.15, -0.1) is 0 Å². The Morgan fingerprint density at radius 1 is 1.60 bits per heavy atom. The Kier molecular flexibility index (Phi) is 3.97. The van der Waals surface area contributed by atoms with Crippen LogP contribution in [0.1, 0.15) is 18.2 Å². The van der Waals surface area contributed by atoms with Gasteiger partial charge in [-0.2, -0.15) is 4.39 Å². The van der Waals surface area contributed by atoms with Crippen LogP contribution in [-0.4, -0.2) is 17.4 Å². The van der Waals surface area contributed by atoms with Crippen LogP contribution in [0.15, 0.2) is 18.2 Å². The quantitative estimate of drug-likeness (QED) is 0.768. The molecule has 0 saturated carbocycles. The van der Waals surface area contributed by atoms with Crippen molar-refractivity contribution in [3.05, 3.63) is 35.4 Å². The topological polar surface area (TPSA) is 42.0 Å². The lowest BCUT2D eigenvalue weighted by atomic mass is 10.2.